The molecule has 0 bridgehead atoms. The van der Waals surface area contributed by atoms with Gasteiger partial charge in [0.05, 0.1) is 0 Å². The maximum atomic E-state index is 3.67. The molecule has 0 saturated heterocycles. The Kier molecular flexibility index (Phi) is 9.91. The summed E-state index contributed by atoms with van der Waals surface area (Å²) < 4.78 is 1.42. The molecule has 6 rings (SSSR count). The molecule has 0 aromatic heterocycles. The molecule has 0 spiro atoms. The van der Waals surface area contributed by atoms with Crippen LogP contribution in [0, 0.1) is 12.1 Å². The van der Waals surface area contributed by atoms with Gasteiger partial charge in [0.1, 0.15) is 0 Å². The van der Waals surface area contributed by atoms with Crippen LogP contribution < -0.4 is 0 Å². The molecule has 0 amide bonds. The molecule has 4 aromatic rings. The SMILES string of the molecule is CC(C)(C)c1[c-]c2c(cc1)-c1ccc(C(C)(C)C)cc1C2.[C-]1=CC=CC1.[Zr+2]=[C](c1ccccc1)c1ccccc1. The van der Waals surface area contributed by atoms with E-state index in [0.717, 1.165) is 12.8 Å². The number of allylic oxidation sites excluding steroid dienone is 4. The van der Waals surface area contributed by atoms with Crippen LogP contribution in [0.15, 0.2) is 109 Å². The third-order valence-electron chi connectivity index (χ3n) is 7.17. The molecule has 0 atom stereocenters. The van der Waals surface area contributed by atoms with E-state index in [0.29, 0.717) is 0 Å². The predicted octanol–water partition coefficient (Wildman–Crippen LogP) is 9.76. The Morgan fingerprint density at radius 1 is 0.700 bits per heavy atom. The molecule has 2 aliphatic carbocycles. The summed E-state index contributed by atoms with van der Waals surface area (Å²) in [6.07, 6.45) is 11.0. The minimum atomic E-state index is 0.167. The molecule has 200 valence electrons. The fraction of sp³-hybridized carbons (Fsp3) is 0.256. The van der Waals surface area contributed by atoms with Gasteiger partial charge in [-0.15, -0.1) is 17.5 Å². The molecule has 0 N–H and O–H groups in total. The van der Waals surface area contributed by atoms with Crippen LogP contribution in [0.3, 0.4) is 0 Å². The molecule has 0 aliphatic heterocycles. The number of benzene rings is 4. The van der Waals surface area contributed by atoms with E-state index in [9.17, 15) is 0 Å². The van der Waals surface area contributed by atoms with Crippen molar-refractivity contribution < 1.29 is 24.2 Å². The van der Waals surface area contributed by atoms with E-state index in [-0.39, 0.29) is 10.8 Å². The maximum absolute atomic E-state index is 3.67. The molecule has 0 radical (unpaired) electrons. The summed E-state index contributed by atoms with van der Waals surface area (Å²) in [6, 6.07) is 36.3. The van der Waals surface area contributed by atoms with Crippen LogP contribution in [0.5, 0.6) is 0 Å². The molecule has 1 heteroatoms. The zero-order chi connectivity index (χ0) is 28.8. The Bertz CT molecular complexity index is 1380. The number of hydrogen-bond donors (Lipinski definition) is 0. The first-order chi connectivity index (χ1) is 19.0. The van der Waals surface area contributed by atoms with Crippen molar-refractivity contribution in [2.75, 3.05) is 0 Å². The van der Waals surface area contributed by atoms with Crippen molar-refractivity contribution >= 4 is 3.21 Å². The van der Waals surface area contributed by atoms with E-state index in [1.807, 2.05) is 12.2 Å². The first-order valence-corrected chi connectivity index (χ1v) is 15.4. The van der Waals surface area contributed by atoms with E-state index in [1.54, 1.807) is 0 Å². The van der Waals surface area contributed by atoms with Crippen LogP contribution in [0.4, 0.5) is 0 Å². The summed E-state index contributed by atoms with van der Waals surface area (Å²) in [5.74, 6) is 0. The summed E-state index contributed by atoms with van der Waals surface area (Å²) in [6.45, 7) is 13.6. The van der Waals surface area contributed by atoms with Crippen molar-refractivity contribution in [3.05, 3.63) is 155 Å². The summed E-state index contributed by atoms with van der Waals surface area (Å²) in [5, 5.41) is 0. The van der Waals surface area contributed by atoms with E-state index in [4.69, 9.17) is 0 Å². The molecule has 2 aliphatic rings. The summed E-state index contributed by atoms with van der Waals surface area (Å²) in [7, 11) is 0. The van der Waals surface area contributed by atoms with Crippen LogP contribution in [-0.4, -0.2) is 3.21 Å². The monoisotopic (exact) mass is 598 g/mol. The predicted molar refractivity (Wildman–Crippen MR) is 169 cm³/mol. The van der Waals surface area contributed by atoms with Gasteiger partial charge in [-0.05, 0) is 28.4 Å². The van der Waals surface area contributed by atoms with Gasteiger partial charge in [0.15, 0.2) is 0 Å². The molecular weight excluding hydrogens is 560 g/mol. The number of hydrogen-bond acceptors (Lipinski definition) is 0. The van der Waals surface area contributed by atoms with Crippen LogP contribution in [0.25, 0.3) is 11.1 Å². The standard InChI is InChI=1S/C21H25.C13H10.C5H5.Zr/c1-20(2,3)16-7-9-18-14(12-16)11-15-13-17(21(4,5)6)8-10-19(15)18;1-3-7-12(8-4-1)11-13-9-5-2-6-10-13;1-2-4-5-3-1;/h7-10,12H,11H2,1-6H3;1-10H;1-3H,4H2;/q-1;;-1;+2. The first-order valence-electron chi connectivity index (χ1n) is 14.1. The first kappa shape index (κ1) is 30.1. The number of fused-ring (bicyclic) bond motifs is 3. The molecular formula is C39H40Zr. The van der Waals surface area contributed by atoms with Crippen LogP contribution in [0.2, 0.25) is 0 Å². The van der Waals surface area contributed by atoms with Crippen molar-refractivity contribution in [2.45, 2.75) is 65.2 Å². The molecule has 40 heavy (non-hydrogen) atoms. The van der Waals surface area contributed by atoms with E-state index in [2.05, 4.69) is 151 Å². The molecule has 0 fully saturated rings. The Hall–Kier alpha value is -2.89. The van der Waals surface area contributed by atoms with Gasteiger partial charge in [0.25, 0.3) is 0 Å². The van der Waals surface area contributed by atoms with Crippen LogP contribution in [-0.2, 0) is 41.5 Å². The summed E-state index contributed by atoms with van der Waals surface area (Å²) in [5.41, 5.74) is 11.4. The van der Waals surface area contributed by atoms with Crippen LogP contribution >= 0.6 is 0 Å². The average Bonchev–Trinajstić information content (AvgIpc) is 3.64. The van der Waals surface area contributed by atoms with Crippen molar-refractivity contribution in [1.29, 1.82) is 0 Å². The van der Waals surface area contributed by atoms with Gasteiger partial charge in [-0.2, -0.15) is 29.8 Å². The fourth-order valence-corrected chi connectivity index (χ4v) is 5.56. The van der Waals surface area contributed by atoms with Gasteiger partial charge >= 0.3 is 99.2 Å². The molecule has 0 saturated carbocycles. The van der Waals surface area contributed by atoms with Gasteiger partial charge in [0, 0.05) is 0 Å². The quantitative estimate of drug-likeness (QED) is 0.177. The van der Waals surface area contributed by atoms with Crippen molar-refractivity contribution in [3.8, 4) is 11.1 Å². The van der Waals surface area contributed by atoms with Crippen molar-refractivity contribution in [2.24, 2.45) is 0 Å². The molecule has 0 heterocycles. The fourth-order valence-electron chi connectivity index (χ4n) is 4.74. The Morgan fingerprint density at radius 2 is 1.30 bits per heavy atom. The summed E-state index contributed by atoms with van der Waals surface area (Å²) in [4.78, 5) is 0. The normalized spacial score (nSPS) is 13.0. The Balaban J connectivity index is 0.000000166. The summed E-state index contributed by atoms with van der Waals surface area (Å²) >= 11 is 1.46. The van der Waals surface area contributed by atoms with E-state index < -0.39 is 0 Å². The van der Waals surface area contributed by atoms with Crippen molar-refractivity contribution in [3.63, 3.8) is 0 Å². The Morgan fingerprint density at radius 3 is 1.77 bits per heavy atom. The second-order valence-corrected chi connectivity index (χ2v) is 13.7. The zero-order valence-corrected chi connectivity index (χ0v) is 27.3. The van der Waals surface area contributed by atoms with Crippen molar-refractivity contribution in [1.82, 2.24) is 0 Å². The Labute approximate surface area is 257 Å². The van der Waals surface area contributed by atoms with Gasteiger partial charge in [-0.1, -0.05) is 65.3 Å². The third-order valence-corrected chi connectivity index (χ3v) is 8.59. The molecule has 4 aromatic carbocycles. The van der Waals surface area contributed by atoms with Gasteiger partial charge < -0.3 is 0 Å². The van der Waals surface area contributed by atoms with Gasteiger partial charge in [0.2, 0.25) is 0 Å². The molecule has 0 unspecified atom stereocenters. The number of rotatable bonds is 2. The second-order valence-electron chi connectivity index (χ2n) is 12.4. The molecule has 0 nitrogen and oxygen atoms in total. The van der Waals surface area contributed by atoms with E-state index in [1.165, 1.54) is 71.9 Å². The van der Waals surface area contributed by atoms with E-state index >= 15 is 0 Å². The van der Waals surface area contributed by atoms with Crippen LogP contribution in [0.1, 0.15) is 81.3 Å². The minimum absolute atomic E-state index is 0.167. The van der Waals surface area contributed by atoms with Gasteiger partial charge in [-0.3, -0.25) is 6.08 Å². The zero-order valence-electron chi connectivity index (χ0n) is 24.8. The topological polar surface area (TPSA) is 0 Å². The third kappa shape index (κ3) is 7.86. The second kappa shape index (κ2) is 13.2. The van der Waals surface area contributed by atoms with Gasteiger partial charge in [-0.25, -0.2) is 12.2 Å². The average molecular weight is 600 g/mol.